The molecule has 0 aromatic heterocycles. The molecule has 1 aromatic rings. The molecule has 1 aromatic carbocycles. The van der Waals surface area contributed by atoms with Crippen LogP contribution in [0.1, 0.15) is 63.9 Å². The van der Waals surface area contributed by atoms with Crippen LogP contribution in [0.2, 0.25) is 0 Å². The molecular formula is C17H26N4. The average molecular weight is 286 g/mol. The van der Waals surface area contributed by atoms with Gasteiger partial charge in [-0.25, -0.2) is 0 Å². The Morgan fingerprint density at radius 1 is 0.810 bits per heavy atom. The Balaban J connectivity index is 1.60. The molecule has 0 spiro atoms. The molecule has 0 aliphatic carbocycles. The van der Waals surface area contributed by atoms with Crippen molar-refractivity contribution in [3.63, 3.8) is 0 Å². The minimum Gasteiger partial charge on any atom is -0.135 e. The third-order valence-electron chi connectivity index (χ3n) is 4.07. The first kappa shape index (κ1) is 15.8. The quantitative estimate of drug-likeness (QED) is 0.481. The fourth-order valence-electron chi connectivity index (χ4n) is 2.75. The molecule has 0 unspecified atom stereocenters. The molecule has 114 valence electrons. The Morgan fingerprint density at radius 3 is 2.19 bits per heavy atom. The highest BCUT2D eigenvalue weighted by molar-refractivity contribution is 5.14. The molecule has 4 heteroatoms. The summed E-state index contributed by atoms with van der Waals surface area (Å²) in [5, 5.41) is 16.0. The maximum absolute atomic E-state index is 4.26. The van der Waals surface area contributed by atoms with Crippen LogP contribution in [-0.2, 0) is 6.42 Å². The van der Waals surface area contributed by atoms with Crippen LogP contribution in [-0.4, -0.2) is 5.66 Å². The van der Waals surface area contributed by atoms with Gasteiger partial charge in [0.15, 0.2) is 5.66 Å². The maximum atomic E-state index is 4.26. The third kappa shape index (κ3) is 5.37. The highest BCUT2D eigenvalue weighted by atomic mass is 15.6. The van der Waals surface area contributed by atoms with Gasteiger partial charge in [0, 0.05) is 0 Å². The van der Waals surface area contributed by atoms with E-state index in [0.29, 0.717) is 0 Å². The second kappa shape index (κ2) is 8.65. The highest BCUT2D eigenvalue weighted by Crippen LogP contribution is 2.32. The van der Waals surface area contributed by atoms with E-state index in [9.17, 15) is 0 Å². The van der Waals surface area contributed by atoms with Gasteiger partial charge in [-0.05, 0) is 54.5 Å². The first-order chi connectivity index (χ1) is 10.3. The van der Waals surface area contributed by atoms with Gasteiger partial charge in [0.2, 0.25) is 0 Å². The van der Waals surface area contributed by atoms with Crippen LogP contribution >= 0.6 is 0 Å². The summed E-state index contributed by atoms with van der Waals surface area (Å²) < 4.78 is 0. The molecule has 0 bridgehead atoms. The van der Waals surface area contributed by atoms with E-state index < -0.39 is 0 Å². The van der Waals surface area contributed by atoms with Gasteiger partial charge in [0.25, 0.3) is 0 Å². The van der Waals surface area contributed by atoms with Gasteiger partial charge in [-0.15, -0.1) is 10.2 Å². The third-order valence-corrected chi connectivity index (χ3v) is 4.07. The molecule has 4 nitrogen and oxygen atoms in total. The monoisotopic (exact) mass is 286 g/mol. The summed E-state index contributed by atoms with van der Waals surface area (Å²) in [7, 11) is 0. The summed E-state index contributed by atoms with van der Waals surface area (Å²) in [6.07, 6.45) is 10.4. The van der Waals surface area contributed by atoms with Crippen molar-refractivity contribution < 1.29 is 0 Å². The molecule has 0 fully saturated rings. The topological polar surface area (TPSA) is 49.4 Å². The largest absolute Gasteiger partial charge is 0.195 e. The Labute approximate surface area is 127 Å². The highest BCUT2D eigenvalue weighted by Gasteiger charge is 2.31. The molecule has 2 rings (SSSR count). The van der Waals surface area contributed by atoms with Crippen molar-refractivity contribution in [3.05, 3.63) is 35.9 Å². The summed E-state index contributed by atoms with van der Waals surface area (Å²) in [5.41, 5.74) is 1.12. The normalized spacial score (nSPS) is 15.7. The first-order valence-electron chi connectivity index (χ1n) is 8.23. The van der Waals surface area contributed by atoms with Crippen molar-refractivity contribution in [1.82, 2.24) is 0 Å². The second-order valence-electron chi connectivity index (χ2n) is 5.86. The van der Waals surface area contributed by atoms with Gasteiger partial charge in [-0.1, -0.05) is 56.5 Å². The van der Waals surface area contributed by atoms with Gasteiger partial charge in [-0.2, -0.15) is 0 Å². The standard InChI is InChI=1S/C17H26N4/c1-2-3-14-17(18-20-21-19-17)15-10-5-4-7-11-16-12-8-6-9-13-16/h6,8-9,12-13H,2-5,7,10-11,14-15H2,1H3. The van der Waals surface area contributed by atoms with Crippen LogP contribution in [0.3, 0.4) is 0 Å². The van der Waals surface area contributed by atoms with Crippen molar-refractivity contribution in [2.75, 3.05) is 0 Å². The summed E-state index contributed by atoms with van der Waals surface area (Å²) in [6, 6.07) is 10.7. The molecule has 0 N–H and O–H groups in total. The molecular weight excluding hydrogens is 260 g/mol. The van der Waals surface area contributed by atoms with E-state index in [1.807, 2.05) is 0 Å². The number of nitrogens with zero attached hydrogens (tertiary/aromatic N) is 4. The summed E-state index contributed by atoms with van der Waals surface area (Å²) in [5.74, 6) is 0. The van der Waals surface area contributed by atoms with Crippen LogP contribution in [0.4, 0.5) is 0 Å². The number of hydrogen-bond acceptors (Lipinski definition) is 4. The predicted molar refractivity (Wildman–Crippen MR) is 85.2 cm³/mol. The Hall–Kier alpha value is -1.58. The van der Waals surface area contributed by atoms with Gasteiger partial charge < -0.3 is 0 Å². The molecule has 0 saturated carbocycles. The van der Waals surface area contributed by atoms with Gasteiger partial charge in [-0.3, -0.25) is 0 Å². The van der Waals surface area contributed by atoms with Gasteiger partial charge in [0.05, 0.1) is 0 Å². The molecule has 0 amide bonds. The van der Waals surface area contributed by atoms with Crippen LogP contribution < -0.4 is 0 Å². The number of hydrogen-bond donors (Lipinski definition) is 0. The molecule has 0 radical (unpaired) electrons. The van der Waals surface area contributed by atoms with Crippen LogP contribution in [0.15, 0.2) is 51.0 Å². The fraction of sp³-hybridized carbons (Fsp3) is 0.647. The molecule has 1 aliphatic heterocycles. The van der Waals surface area contributed by atoms with E-state index in [4.69, 9.17) is 0 Å². The lowest BCUT2D eigenvalue weighted by Crippen LogP contribution is -2.21. The Kier molecular flexibility index (Phi) is 6.51. The Bertz CT molecular complexity index is 441. The lowest BCUT2D eigenvalue weighted by Gasteiger charge is -2.18. The van der Waals surface area contributed by atoms with Crippen molar-refractivity contribution >= 4 is 0 Å². The van der Waals surface area contributed by atoms with Crippen LogP contribution in [0, 0.1) is 0 Å². The average Bonchev–Trinajstić information content (AvgIpc) is 2.99. The van der Waals surface area contributed by atoms with Crippen molar-refractivity contribution in [3.8, 4) is 0 Å². The van der Waals surface area contributed by atoms with Crippen molar-refractivity contribution in [2.24, 2.45) is 20.7 Å². The zero-order chi connectivity index (χ0) is 14.8. The Morgan fingerprint density at radius 2 is 1.48 bits per heavy atom. The minimum absolute atomic E-state index is 0.324. The molecule has 0 saturated heterocycles. The molecule has 1 heterocycles. The second-order valence-corrected chi connectivity index (χ2v) is 5.86. The predicted octanol–water partition coefficient (Wildman–Crippen LogP) is 5.90. The number of benzene rings is 1. The lowest BCUT2D eigenvalue weighted by atomic mass is 9.96. The van der Waals surface area contributed by atoms with E-state index in [2.05, 4.69) is 57.9 Å². The number of rotatable bonds is 10. The van der Waals surface area contributed by atoms with Gasteiger partial charge in [0.1, 0.15) is 0 Å². The zero-order valence-corrected chi connectivity index (χ0v) is 13.0. The summed E-state index contributed by atoms with van der Waals surface area (Å²) in [4.78, 5) is 0. The van der Waals surface area contributed by atoms with Crippen LogP contribution in [0.5, 0.6) is 0 Å². The van der Waals surface area contributed by atoms with Crippen molar-refractivity contribution in [2.45, 2.75) is 70.4 Å². The first-order valence-corrected chi connectivity index (χ1v) is 8.23. The smallest absolute Gasteiger partial charge is 0.135 e. The SMILES string of the molecule is CCCCC1(CCCCCCc2ccccc2)N=NN=N1. The zero-order valence-electron chi connectivity index (χ0n) is 13.0. The molecule has 0 atom stereocenters. The lowest BCUT2D eigenvalue weighted by molar-refractivity contribution is 0.351. The van der Waals surface area contributed by atoms with E-state index >= 15 is 0 Å². The van der Waals surface area contributed by atoms with Gasteiger partial charge >= 0.3 is 0 Å². The fourth-order valence-corrected chi connectivity index (χ4v) is 2.75. The van der Waals surface area contributed by atoms with E-state index in [0.717, 1.165) is 25.7 Å². The minimum atomic E-state index is -0.324. The molecule has 21 heavy (non-hydrogen) atoms. The van der Waals surface area contributed by atoms with E-state index in [-0.39, 0.29) is 5.66 Å². The van der Waals surface area contributed by atoms with E-state index in [1.165, 1.54) is 37.7 Å². The number of aryl methyl sites for hydroxylation is 1. The number of unbranched alkanes of at least 4 members (excludes halogenated alkanes) is 4. The van der Waals surface area contributed by atoms with E-state index in [1.54, 1.807) is 0 Å². The maximum Gasteiger partial charge on any atom is 0.195 e. The summed E-state index contributed by atoms with van der Waals surface area (Å²) in [6.45, 7) is 2.19. The van der Waals surface area contributed by atoms with Crippen LogP contribution in [0.25, 0.3) is 0 Å². The summed E-state index contributed by atoms with van der Waals surface area (Å²) >= 11 is 0. The molecule has 1 aliphatic rings. The van der Waals surface area contributed by atoms with Crippen molar-refractivity contribution in [1.29, 1.82) is 0 Å².